The summed E-state index contributed by atoms with van der Waals surface area (Å²) in [6, 6.07) is 1.36. The van der Waals surface area contributed by atoms with E-state index >= 15 is 0 Å². The van der Waals surface area contributed by atoms with Crippen molar-refractivity contribution in [2.75, 3.05) is 0 Å². The normalized spacial score (nSPS) is 10.6. The zero-order chi connectivity index (χ0) is 16.7. The molecule has 0 saturated carbocycles. The molecule has 1 rings (SSSR count). The molecule has 0 aliphatic heterocycles. The number of aromatic carboxylic acids is 1. The first-order valence-corrected chi connectivity index (χ1v) is 7.67. The number of hydrogen-bond acceptors (Lipinski definition) is 4. The van der Waals surface area contributed by atoms with Crippen LogP contribution in [0.5, 0.6) is 11.5 Å². The van der Waals surface area contributed by atoms with Crippen molar-refractivity contribution in [3.05, 3.63) is 22.8 Å². The van der Waals surface area contributed by atoms with Gasteiger partial charge in [0.25, 0.3) is 0 Å². The first kappa shape index (κ1) is 18.0. The number of unbranched alkanes of at least 4 members (excludes halogenated alkanes) is 4. The predicted octanol–water partition coefficient (Wildman–Crippen LogP) is 3.44. The van der Waals surface area contributed by atoms with Gasteiger partial charge >= 0.3 is 5.97 Å². The average Bonchev–Trinajstić information content (AvgIpc) is 2.41. The van der Waals surface area contributed by atoms with Gasteiger partial charge in [0.15, 0.2) is 0 Å². The lowest BCUT2D eigenvalue weighted by molar-refractivity contribution is -0.116. The SMILES string of the molecule is CCCCCCCc1cc(O)c(C(=O)O)c(O)c1CC(C)=O. The molecule has 0 aliphatic carbocycles. The maximum atomic E-state index is 11.4. The Hall–Kier alpha value is -2.04. The highest BCUT2D eigenvalue weighted by molar-refractivity contribution is 5.95. The number of hydrogen-bond donors (Lipinski definition) is 3. The second-order valence-corrected chi connectivity index (χ2v) is 5.61. The molecule has 1 aromatic carbocycles. The van der Waals surface area contributed by atoms with E-state index in [4.69, 9.17) is 5.11 Å². The van der Waals surface area contributed by atoms with Gasteiger partial charge in [-0.1, -0.05) is 32.6 Å². The summed E-state index contributed by atoms with van der Waals surface area (Å²) in [6.07, 6.45) is 5.89. The molecule has 22 heavy (non-hydrogen) atoms. The maximum Gasteiger partial charge on any atom is 0.343 e. The summed E-state index contributed by atoms with van der Waals surface area (Å²) in [5.74, 6) is -2.52. The first-order valence-electron chi connectivity index (χ1n) is 7.67. The lowest BCUT2D eigenvalue weighted by Crippen LogP contribution is -2.07. The predicted molar refractivity (Wildman–Crippen MR) is 83.6 cm³/mol. The Morgan fingerprint density at radius 1 is 1.09 bits per heavy atom. The van der Waals surface area contributed by atoms with Crippen LogP contribution in [-0.2, 0) is 17.6 Å². The minimum Gasteiger partial charge on any atom is -0.507 e. The molecule has 0 spiro atoms. The third kappa shape index (κ3) is 4.76. The number of carboxylic acids is 1. The number of phenols is 2. The lowest BCUT2D eigenvalue weighted by atomic mass is 9.93. The number of carboxylic acid groups (broad SMARTS) is 1. The van der Waals surface area contributed by atoms with Gasteiger partial charge in [-0.05, 0) is 31.4 Å². The van der Waals surface area contributed by atoms with Crippen molar-refractivity contribution < 1.29 is 24.9 Å². The van der Waals surface area contributed by atoms with Crippen molar-refractivity contribution in [3.8, 4) is 11.5 Å². The summed E-state index contributed by atoms with van der Waals surface area (Å²) in [6.45, 7) is 3.52. The Bertz CT molecular complexity index is 548. The van der Waals surface area contributed by atoms with E-state index < -0.39 is 23.0 Å². The van der Waals surface area contributed by atoms with Crippen LogP contribution >= 0.6 is 0 Å². The number of rotatable bonds is 9. The van der Waals surface area contributed by atoms with Gasteiger partial charge in [-0.2, -0.15) is 0 Å². The van der Waals surface area contributed by atoms with E-state index in [-0.39, 0.29) is 12.2 Å². The summed E-state index contributed by atoms with van der Waals surface area (Å²) >= 11 is 0. The van der Waals surface area contributed by atoms with E-state index in [0.29, 0.717) is 17.5 Å². The molecule has 122 valence electrons. The molecular weight excluding hydrogens is 284 g/mol. The molecule has 5 nitrogen and oxygen atoms in total. The Kier molecular flexibility index (Phi) is 6.89. The van der Waals surface area contributed by atoms with Crippen LogP contribution in [0.3, 0.4) is 0 Å². The van der Waals surface area contributed by atoms with E-state index in [1.54, 1.807) is 0 Å². The van der Waals surface area contributed by atoms with Crippen molar-refractivity contribution >= 4 is 11.8 Å². The van der Waals surface area contributed by atoms with E-state index in [2.05, 4.69) is 6.92 Å². The molecule has 3 N–H and O–H groups in total. The Labute approximate surface area is 130 Å². The molecule has 5 heteroatoms. The van der Waals surface area contributed by atoms with Crippen molar-refractivity contribution in [3.63, 3.8) is 0 Å². The van der Waals surface area contributed by atoms with Gasteiger partial charge in [-0.15, -0.1) is 0 Å². The minimum atomic E-state index is -1.41. The highest BCUT2D eigenvalue weighted by Gasteiger charge is 2.22. The highest BCUT2D eigenvalue weighted by Crippen LogP contribution is 2.35. The summed E-state index contributed by atoms with van der Waals surface area (Å²) < 4.78 is 0. The smallest absolute Gasteiger partial charge is 0.343 e. The zero-order valence-corrected chi connectivity index (χ0v) is 13.2. The Morgan fingerprint density at radius 3 is 2.27 bits per heavy atom. The van der Waals surface area contributed by atoms with Crippen LogP contribution in [0, 0.1) is 0 Å². The Balaban J connectivity index is 3.03. The number of aromatic hydroxyl groups is 2. The number of carbonyl (C=O) groups excluding carboxylic acids is 1. The molecule has 0 saturated heterocycles. The fourth-order valence-electron chi connectivity index (χ4n) is 2.55. The van der Waals surface area contributed by atoms with Crippen LogP contribution in [0.1, 0.15) is 67.4 Å². The number of ketones is 1. The van der Waals surface area contributed by atoms with Crippen molar-refractivity contribution in [2.45, 2.75) is 58.8 Å². The van der Waals surface area contributed by atoms with Gasteiger partial charge in [0, 0.05) is 12.0 Å². The van der Waals surface area contributed by atoms with Gasteiger partial charge in [0.05, 0.1) is 0 Å². The fourth-order valence-corrected chi connectivity index (χ4v) is 2.55. The van der Waals surface area contributed by atoms with Crippen molar-refractivity contribution in [1.82, 2.24) is 0 Å². The quantitative estimate of drug-likeness (QED) is 0.607. The fraction of sp³-hybridized carbons (Fsp3) is 0.529. The van der Waals surface area contributed by atoms with E-state index in [1.165, 1.54) is 13.0 Å². The summed E-state index contributed by atoms with van der Waals surface area (Å²) in [5.41, 5.74) is 0.427. The van der Waals surface area contributed by atoms with Crippen LogP contribution in [0.15, 0.2) is 6.07 Å². The number of aryl methyl sites for hydroxylation is 1. The molecule has 0 aliphatic rings. The molecule has 0 fully saturated rings. The average molecular weight is 308 g/mol. The lowest BCUT2D eigenvalue weighted by Gasteiger charge is -2.14. The molecular formula is C17H24O5. The summed E-state index contributed by atoms with van der Waals surface area (Å²) in [5, 5.41) is 29.0. The minimum absolute atomic E-state index is 0.0311. The van der Waals surface area contributed by atoms with Gasteiger partial charge in [-0.3, -0.25) is 4.79 Å². The number of carbonyl (C=O) groups is 2. The molecule has 0 unspecified atom stereocenters. The largest absolute Gasteiger partial charge is 0.507 e. The van der Waals surface area contributed by atoms with Crippen LogP contribution in [0.2, 0.25) is 0 Å². The van der Waals surface area contributed by atoms with Crippen LogP contribution in [0.4, 0.5) is 0 Å². The van der Waals surface area contributed by atoms with Gasteiger partial charge in [-0.25, -0.2) is 4.79 Å². The second-order valence-electron chi connectivity index (χ2n) is 5.61. The topological polar surface area (TPSA) is 94.8 Å². The molecule has 0 aromatic heterocycles. The number of Topliss-reactive ketones (excluding diaryl/α,β-unsaturated/α-hetero) is 1. The van der Waals surface area contributed by atoms with Crippen LogP contribution < -0.4 is 0 Å². The van der Waals surface area contributed by atoms with Crippen molar-refractivity contribution in [2.24, 2.45) is 0 Å². The summed E-state index contributed by atoms with van der Waals surface area (Å²) in [4.78, 5) is 22.5. The Morgan fingerprint density at radius 2 is 1.73 bits per heavy atom. The third-order valence-electron chi connectivity index (χ3n) is 3.67. The van der Waals surface area contributed by atoms with Crippen LogP contribution in [0.25, 0.3) is 0 Å². The van der Waals surface area contributed by atoms with Gasteiger partial charge in [0.1, 0.15) is 22.8 Å². The van der Waals surface area contributed by atoms with Crippen molar-refractivity contribution in [1.29, 1.82) is 0 Å². The molecule has 0 radical (unpaired) electrons. The maximum absolute atomic E-state index is 11.4. The van der Waals surface area contributed by atoms with Gasteiger partial charge in [0.2, 0.25) is 0 Å². The van der Waals surface area contributed by atoms with Crippen LogP contribution in [-0.4, -0.2) is 27.1 Å². The molecule has 1 aromatic rings. The standard InChI is InChI=1S/C17H24O5/c1-3-4-5-6-7-8-12-10-14(19)15(17(21)22)16(20)13(12)9-11(2)18/h10,19-20H,3-9H2,1-2H3,(H,21,22). The molecule has 0 bridgehead atoms. The zero-order valence-electron chi connectivity index (χ0n) is 13.2. The first-order chi connectivity index (χ1) is 10.4. The highest BCUT2D eigenvalue weighted by atomic mass is 16.4. The molecule has 0 amide bonds. The summed E-state index contributed by atoms with van der Waals surface area (Å²) in [7, 11) is 0. The monoisotopic (exact) mass is 308 g/mol. The van der Waals surface area contributed by atoms with E-state index in [0.717, 1.165) is 32.1 Å². The number of benzene rings is 1. The van der Waals surface area contributed by atoms with Gasteiger partial charge < -0.3 is 15.3 Å². The molecule has 0 atom stereocenters. The van der Waals surface area contributed by atoms with E-state index in [9.17, 15) is 19.8 Å². The third-order valence-corrected chi connectivity index (χ3v) is 3.67. The van der Waals surface area contributed by atoms with E-state index in [1.807, 2.05) is 0 Å². The molecule has 0 heterocycles. The second kappa shape index (κ2) is 8.41.